The number of benzene rings is 1. The highest BCUT2D eigenvalue weighted by Crippen LogP contribution is 2.20. The highest BCUT2D eigenvalue weighted by molar-refractivity contribution is 5.73. The summed E-state index contributed by atoms with van der Waals surface area (Å²) in [5, 5.41) is 8.83. The summed E-state index contributed by atoms with van der Waals surface area (Å²) in [5.74, 6) is -0.0831. The van der Waals surface area contributed by atoms with E-state index < -0.39 is 5.97 Å². The van der Waals surface area contributed by atoms with Gasteiger partial charge in [0.2, 0.25) is 0 Å². The smallest absolute Gasteiger partial charge is 0.323 e. The third-order valence-electron chi connectivity index (χ3n) is 2.24. The normalized spacial score (nSPS) is 9.88. The van der Waals surface area contributed by atoms with Gasteiger partial charge in [-0.15, -0.1) is 0 Å². The summed E-state index contributed by atoms with van der Waals surface area (Å²) >= 11 is 0. The first kappa shape index (κ1) is 12.4. The number of hydrogen-bond acceptors (Lipinski definition) is 3. The lowest BCUT2D eigenvalue weighted by Gasteiger charge is -2.22. The Morgan fingerprint density at radius 1 is 1.50 bits per heavy atom. The van der Waals surface area contributed by atoms with Crippen molar-refractivity contribution in [3.63, 3.8) is 0 Å². The summed E-state index contributed by atoms with van der Waals surface area (Å²) in [6, 6.07) is 7.44. The van der Waals surface area contributed by atoms with Crippen LogP contribution >= 0.6 is 0 Å². The third kappa shape index (κ3) is 3.46. The number of rotatable bonds is 6. The first-order valence-electron chi connectivity index (χ1n) is 5.28. The number of hydrogen-bond donors (Lipinski definition) is 1. The zero-order valence-electron chi connectivity index (χ0n) is 9.64. The van der Waals surface area contributed by atoms with Gasteiger partial charge in [0.15, 0.2) is 0 Å². The van der Waals surface area contributed by atoms with Crippen molar-refractivity contribution < 1.29 is 14.6 Å². The predicted molar refractivity (Wildman–Crippen MR) is 63.1 cm³/mol. The molecule has 0 aromatic heterocycles. The molecule has 0 saturated carbocycles. The van der Waals surface area contributed by atoms with E-state index in [2.05, 4.69) is 0 Å². The molecule has 0 bridgehead atoms. The van der Waals surface area contributed by atoms with E-state index >= 15 is 0 Å². The van der Waals surface area contributed by atoms with Crippen LogP contribution in [0.25, 0.3) is 0 Å². The van der Waals surface area contributed by atoms with Crippen LogP contribution in [0, 0.1) is 0 Å². The van der Waals surface area contributed by atoms with Gasteiger partial charge in [-0.3, -0.25) is 4.79 Å². The lowest BCUT2D eigenvalue weighted by Crippen LogP contribution is -2.30. The molecule has 1 rings (SSSR count). The van der Waals surface area contributed by atoms with Crippen molar-refractivity contribution in [2.24, 2.45) is 0 Å². The number of ether oxygens (including phenoxy) is 1. The number of methoxy groups -OCH3 is 1. The van der Waals surface area contributed by atoms with Crippen molar-refractivity contribution in [1.29, 1.82) is 0 Å². The maximum absolute atomic E-state index is 10.7. The zero-order valence-corrected chi connectivity index (χ0v) is 9.64. The molecule has 0 radical (unpaired) electrons. The molecule has 0 aliphatic heterocycles. The number of aliphatic carboxylic acids is 1. The first-order chi connectivity index (χ1) is 7.67. The quantitative estimate of drug-likeness (QED) is 0.801. The zero-order chi connectivity index (χ0) is 12.0. The third-order valence-corrected chi connectivity index (χ3v) is 2.24. The Morgan fingerprint density at radius 2 is 2.25 bits per heavy atom. The summed E-state index contributed by atoms with van der Waals surface area (Å²) in [6.07, 6.45) is 0.907. The molecule has 1 aromatic rings. The van der Waals surface area contributed by atoms with Crippen LogP contribution < -0.4 is 9.64 Å². The van der Waals surface area contributed by atoms with Gasteiger partial charge in [0.25, 0.3) is 0 Å². The molecular weight excluding hydrogens is 206 g/mol. The minimum Gasteiger partial charge on any atom is -0.497 e. The van der Waals surface area contributed by atoms with E-state index in [1.807, 2.05) is 36.1 Å². The van der Waals surface area contributed by atoms with Crippen LogP contribution in [0.2, 0.25) is 0 Å². The van der Waals surface area contributed by atoms with Crippen molar-refractivity contribution >= 4 is 11.7 Å². The molecule has 1 aromatic carbocycles. The second-order valence-electron chi connectivity index (χ2n) is 3.52. The van der Waals surface area contributed by atoms with Gasteiger partial charge in [-0.1, -0.05) is 13.0 Å². The molecule has 0 saturated heterocycles. The van der Waals surface area contributed by atoms with E-state index in [1.165, 1.54) is 0 Å². The Kier molecular flexibility index (Phi) is 4.64. The predicted octanol–water partition coefficient (Wildman–Crippen LogP) is 2.00. The van der Waals surface area contributed by atoms with Gasteiger partial charge in [0, 0.05) is 18.3 Å². The Balaban J connectivity index is 2.86. The van der Waals surface area contributed by atoms with Crippen molar-refractivity contribution in [3.8, 4) is 5.75 Å². The van der Waals surface area contributed by atoms with E-state index in [9.17, 15) is 4.79 Å². The first-order valence-corrected chi connectivity index (χ1v) is 5.28. The Hall–Kier alpha value is -1.71. The van der Waals surface area contributed by atoms with E-state index in [4.69, 9.17) is 9.84 Å². The molecule has 1 N–H and O–H groups in total. The van der Waals surface area contributed by atoms with Crippen molar-refractivity contribution in [1.82, 2.24) is 0 Å². The summed E-state index contributed by atoms with van der Waals surface area (Å²) in [5.41, 5.74) is 0.878. The molecule has 0 heterocycles. The second kappa shape index (κ2) is 6.00. The van der Waals surface area contributed by atoms with Crippen LogP contribution in [-0.4, -0.2) is 31.3 Å². The van der Waals surface area contributed by atoms with Crippen molar-refractivity contribution in [2.45, 2.75) is 13.3 Å². The van der Waals surface area contributed by atoms with Gasteiger partial charge >= 0.3 is 5.97 Å². The second-order valence-corrected chi connectivity index (χ2v) is 3.52. The number of carboxylic acid groups (broad SMARTS) is 1. The van der Waals surface area contributed by atoms with Crippen LogP contribution in [0.15, 0.2) is 24.3 Å². The van der Waals surface area contributed by atoms with Gasteiger partial charge in [0.05, 0.1) is 7.11 Å². The van der Waals surface area contributed by atoms with E-state index in [1.54, 1.807) is 7.11 Å². The molecule has 88 valence electrons. The van der Waals surface area contributed by atoms with Gasteiger partial charge in [0.1, 0.15) is 12.3 Å². The molecule has 4 nitrogen and oxygen atoms in total. The molecule has 0 amide bonds. The van der Waals surface area contributed by atoms with Gasteiger partial charge in [-0.2, -0.15) is 0 Å². The molecule has 0 unspecified atom stereocenters. The maximum Gasteiger partial charge on any atom is 0.323 e. The Bertz CT molecular complexity index is 352. The fraction of sp³-hybridized carbons (Fsp3) is 0.417. The Morgan fingerprint density at radius 3 is 2.81 bits per heavy atom. The van der Waals surface area contributed by atoms with E-state index in [-0.39, 0.29) is 6.54 Å². The fourth-order valence-corrected chi connectivity index (χ4v) is 1.54. The summed E-state index contributed by atoms with van der Waals surface area (Å²) < 4.78 is 5.11. The minimum atomic E-state index is -0.823. The fourth-order valence-electron chi connectivity index (χ4n) is 1.54. The maximum atomic E-state index is 10.7. The molecule has 0 aliphatic carbocycles. The lowest BCUT2D eigenvalue weighted by atomic mass is 10.2. The van der Waals surface area contributed by atoms with Gasteiger partial charge in [-0.05, 0) is 18.6 Å². The van der Waals surface area contributed by atoms with Crippen LogP contribution in [-0.2, 0) is 4.79 Å². The molecule has 0 fully saturated rings. The summed E-state index contributed by atoms with van der Waals surface area (Å²) in [4.78, 5) is 12.6. The van der Waals surface area contributed by atoms with Gasteiger partial charge in [-0.25, -0.2) is 0 Å². The highest BCUT2D eigenvalue weighted by atomic mass is 16.5. The number of carboxylic acids is 1. The van der Waals surface area contributed by atoms with Crippen LogP contribution in [0.4, 0.5) is 5.69 Å². The molecular formula is C12H17NO3. The lowest BCUT2D eigenvalue weighted by molar-refractivity contribution is -0.135. The largest absolute Gasteiger partial charge is 0.497 e. The van der Waals surface area contributed by atoms with Crippen molar-refractivity contribution in [2.75, 3.05) is 25.1 Å². The average Bonchev–Trinajstić information content (AvgIpc) is 2.28. The van der Waals surface area contributed by atoms with Gasteiger partial charge < -0.3 is 14.7 Å². The van der Waals surface area contributed by atoms with Crippen LogP contribution in [0.5, 0.6) is 5.75 Å². The highest BCUT2D eigenvalue weighted by Gasteiger charge is 2.10. The number of anilines is 1. The minimum absolute atomic E-state index is 0.0149. The summed E-state index contributed by atoms with van der Waals surface area (Å²) in [6.45, 7) is 2.76. The topological polar surface area (TPSA) is 49.8 Å². The molecule has 16 heavy (non-hydrogen) atoms. The average molecular weight is 223 g/mol. The number of nitrogens with zero attached hydrogens (tertiary/aromatic N) is 1. The van der Waals surface area contributed by atoms with Crippen molar-refractivity contribution in [3.05, 3.63) is 24.3 Å². The molecule has 4 heteroatoms. The molecule has 0 spiro atoms. The van der Waals surface area contributed by atoms with E-state index in [0.717, 1.165) is 24.4 Å². The number of carbonyl (C=O) groups is 1. The molecule has 0 aliphatic rings. The standard InChI is InChI=1S/C12H17NO3/c1-3-7-13(9-12(14)15)10-5-4-6-11(8-10)16-2/h4-6,8H,3,7,9H2,1-2H3,(H,14,15). The Labute approximate surface area is 95.5 Å². The SMILES string of the molecule is CCCN(CC(=O)O)c1cccc(OC)c1. The molecule has 0 atom stereocenters. The van der Waals surface area contributed by atoms with Crippen LogP contribution in [0.3, 0.4) is 0 Å². The van der Waals surface area contributed by atoms with E-state index in [0.29, 0.717) is 0 Å². The monoisotopic (exact) mass is 223 g/mol. The summed E-state index contributed by atoms with van der Waals surface area (Å²) in [7, 11) is 1.60. The van der Waals surface area contributed by atoms with Crippen LogP contribution in [0.1, 0.15) is 13.3 Å².